The van der Waals surface area contributed by atoms with Crippen molar-refractivity contribution in [2.75, 3.05) is 5.32 Å². The number of aromatic nitrogens is 4. The van der Waals surface area contributed by atoms with Crippen molar-refractivity contribution in [3.05, 3.63) is 54.0 Å². The van der Waals surface area contributed by atoms with Crippen LogP contribution < -0.4 is 5.32 Å². The van der Waals surface area contributed by atoms with Crippen LogP contribution in [0, 0.1) is 12.7 Å². The predicted molar refractivity (Wildman–Crippen MR) is 75.3 cm³/mol. The second-order valence-corrected chi connectivity index (χ2v) is 4.50. The predicted octanol–water partition coefficient (Wildman–Crippen LogP) is 2.50. The maximum absolute atomic E-state index is 12.9. The zero-order valence-corrected chi connectivity index (χ0v) is 11.1. The fraction of sp³-hybridized carbons (Fsp3) is 0.0714. The van der Waals surface area contributed by atoms with Gasteiger partial charge in [-0.05, 0) is 31.2 Å². The summed E-state index contributed by atoms with van der Waals surface area (Å²) >= 11 is 0. The third kappa shape index (κ3) is 2.53. The number of anilines is 1. The molecule has 106 valence electrons. The largest absolute Gasteiger partial charge is 0.348 e. The molecule has 6 nitrogen and oxygen atoms in total. The third-order valence-corrected chi connectivity index (χ3v) is 3.05. The first kappa shape index (κ1) is 13.0. The molecule has 0 bridgehead atoms. The lowest BCUT2D eigenvalue weighted by Gasteiger charge is -2.05. The van der Waals surface area contributed by atoms with Crippen molar-refractivity contribution in [3.63, 3.8) is 0 Å². The smallest absolute Gasteiger partial charge is 0.274 e. The number of aryl methyl sites for hydroxylation is 1. The highest BCUT2D eigenvalue weighted by Crippen LogP contribution is 2.23. The normalized spacial score (nSPS) is 10.6. The second-order valence-electron chi connectivity index (χ2n) is 4.50. The summed E-state index contributed by atoms with van der Waals surface area (Å²) in [6.45, 7) is 1.86. The molecular weight excluding hydrogens is 273 g/mol. The van der Waals surface area contributed by atoms with Gasteiger partial charge in [-0.1, -0.05) is 0 Å². The van der Waals surface area contributed by atoms with Crippen molar-refractivity contribution < 1.29 is 9.18 Å². The van der Waals surface area contributed by atoms with Crippen molar-refractivity contribution >= 4 is 11.6 Å². The van der Waals surface area contributed by atoms with Gasteiger partial charge in [0.05, 0.1) is 23.8 Å². The van der Waals surface area contributed by atoms with E-state index in [9.17, 15) is 9.18 Å². The Morgan fingerprint density at radius 3 is 2.71 bits per heavy atom. The summed E-state index contributed by atoms with van der Waals surface area (Å²) in [4.78, 5) is 19.4. The van der Waals surface area contributed by atoms with Crippen LogP contribution >= 0.6 is 0 Å². The van der Waals surface area contributed by atoms with Gasteiger partial charge in [0, 0.05) is 11.4 Å². The number of nitrogens with zero attached hydrogens (tertiary/aromatic N) is 2. The van der Waals surface area contributed by atoms with Gasteiger partial charge in [-0.2, -0.15) is 5.10 Å². The van der Waals surface area contributed by atoms with E-state index in [0.29, 0.717) is 22.6 Å². The number of hydrogen-bond donors (Lipinski definition) is 3. The Bertz CT molecular complexity index is 775. The molecule has 0 radical (unpaired) electrons. The highest BCUT2D eigenvalue weighted by Gasteiger charge is 2.18. The number of rotatable bonds is 3. The number of amides is 1. The van der Waals surface area contributed by atoms with Crippen LogP contribution in [-0.4, -0.2) is 26.1 Å². The van der Waals surface area contributed by atoms with Gasteiger partial charge in [0.25, 0.3) is 5.91 Å². The summed E-state index contributed by atoms with van der Waals surface area (Å²) in [5.41, 5.74) is 2.91. The Hall–Kier alpha value is -2.96. The van der Waals surface area contributed by atoms with E-state index in [0.717, 1.165) is 5.69 Å². The molecule has 3 aromatic rings. The van der Waals surface area contributed by atoms with Crippen molar-refractivity contribution in [2.24, 2.45) is 0 Å². The van der Waals surface area contributed by atoms with Crippen molar-refractivity contribution in [1.29, 1.82) is 0 Å². The molecule has 3 rings (SSSR count). The zero-order valence-electron chi connectivity index (χ0n) is 11.1. The molecule has 2 heterocycles. The highest BCUT2D eigenvalue weighted by molar-refractivity contribution is 6.07. The van der Waals surface area contributed by atoms with Gasteiger partial charge in [0.15, 0.2) is 0 Å². The van der Waals surface area contributed by atoms with Gasteiger partial charge < -0.3 is 10.3 Å². The minimum atomic E-state index is -0.364. The van der Waals surface area contributed by atoms with Crippen LogP contribution in [0.15, 0.2) is 36.8 Å². The van der Waals surface area contributed by atoms with Crippen LogP contribution in [0.3, 0.4) is 0 Å². The number of nitrogens with one attached hydrogen (secondary N) is 3. The first-order valence-electron chi connectivity index (χ1n) is 6.26. The lowest BCUT2D eigenvalue weighted by molar-refractivity contribution is 0.102. The Labute approximate surface area is 119 Å². The third-order valence-electron chi connectivity index (χ3n) is 3.05. The minimum Gasteiger partial charge on any atom is -0.348 e. The summed E-state index contributed by atoms with van der Waals surface area (Å²) in [6, 6.07) is 5.54. The lowest BCUT2D eigenvalue weighted by atomic mass is 10.1. The molecule has 2 aromatic heterocycles. The van der Waals surface area contributed by atoms with E-state index >= 15 is 0 Å². The van der Waals surface area contributed by atoms with E-state index in [1.54, 1.807) is 12.5 Å². The number of hydrogen-bond acceptors (Lipinski definition) is 3. The molecule has 0 unspecified atom stereocenters. The van der Waals surface area contributed by atoms with E-state index in [1.165, 1.54) is 24.3 Å². The first-order chi connectivity index (χ1) is 10.1. The fourth-order valence-corrected chi connectivity index (χ4v) is 2.00. The van der Waals surface area contributed by atoms with Crippen LogP contribution in [0.5, 0.6) is 0 Å². The molecule has 21 heavy (non-hydrogen) atoms. The zero-order chi connectivity index (χ0) is 14.8. The van der Waals surface area contributed by atoms with E-state index in [4.69, 9.17) is 0 Å². The molecule has 1 amide bonds. The monoisotopic (exact) mass is 285 g/mol. The maximum Gasteiger partial charge on any atom is 0.274 e. The summed E-state index contributed by atoms with van der Waals surface area (Å²) < 4.78 is 12.9. The van der Waals surface area contributed by atoms with Gasteiger partial charge in [0.2, 0.25) is 0 Å². The SMILES string of the molecule is Cc1[nH]cnc1-c1cn[nH]c1C(=O)Nc1ccc(F)cc1. The average molecular weight is 285 g/mol. The van der Waals surface area contributed by atoms with E-state index in [2.05, 4.69) is 25.5 Å². The van der Waals surface area contributed by atoms with Gasteiger partial charge >= 0.3 is 0 Å². The molecular formula is C14H12FN5O. The van der Waals surface area contributed by atoms with E-state index in [1.807, 2.05) is 6.92 Å². The number of carbonyl (C=O) groups is 1. The van der Waals surface area contributed by atoms with Crippen LogP contribution in [0.25, 0.3) is 11.3 Å². The molecule has 0 fully saturated rings. The van der Waals surface area contributed by atoms with Crippen LogP contribution in [0.2, 0.25) is 0 Å². The molecule has 0 aliphatic heterocycles. The molecule has 1 aromatic carbocycles. The van der Waals surface area contributed by atoms with Gasteiger partial charge in [-0.3, -0.25) is 9.89 Å². The van der Waals surface area contributed by atoms with E-state index < -0.39 is 0 Å². The van der Waals surface area contributed by atoms with E-state index in [-0.39, 0.29) is 11.7 Å². The number of imidazole rings is 1. The minimum absolute atomic E-state index is 0.300. The molecule has 0 saturated heterocycles. The van der Waals surface area contributed by atoms with Crippen molar-refractivity contribution in [1.82, 2.24) is 20.2 Å². The van der Waals surface area contributed by atoms with Crippen molar-refractivity contribution in [2.45, 2.75) is 6.92 Å². The number of halogens is 1. The molecule has 0 aliphatic carbocycles. The van der Waals surface area contributed by atoms with Crippen LogP contribution in [0.4, 0.5) is 10.1 Å². The first-order valence-corrected chi connectivity index (χ1v) is 6.26. The Balaban J connectivity index is 1.88. The topological polar surface area (TPSA) is 86.5 Å². The number of carbonyl (C=O) groups excluding carboxylic acids is 1. The summed E-state index contributed by atoms with van der Waals surface area (Å²) in [6.07, 6.45) is 3.10. The number of benzene rings is 1. The van der Waals surface area contributed by atoms with Gasteiger partial charge in [0.1, 0.15) is 11.5 Å². The average Bonchev–Trinajstić information content (AvgIpc) is 3.09. The Kier molecular flexibility index (Phi) is 3.23. The molecule has 0 saturated carbocycles. The Morgan fingerprint density at radius 2 is 2.05 bits per heavy atom. The maximum atomic E-state index is 12.9. The lowest BCUT2D eigenvalue weighted by Crippen LogP contribution is -2.13. The highest BCUT2D eigenvalue weighted by atomic mass is 19.1. The summed E-state index contributed by atoms with van der Waals surface area (Å²) in [7, 11) is 0. The van der Waals surface area contributed by atoms with Crippen molar-refractivity contribution in [3.8, 4) is 11.3 Å². The quantitative estimate of drug-likeness (QED) is 0.691. The second kappa shape index (κ2) is 5.20. The number of aromatic amines is 2. The molecule has 7 heteroatoms. The standard InChI is InChI=1S/C14H12FN5O/c1-8-12(17-7-16-8)11-6-18-20-13(11)14(21)19-10-4-2-9(15)3-5-10/h2-7H,1H3,(H,16,17)(H,18,20)(H,19,21). The molecule has 0 atom stereocenters. The molecule has 0 spiro atoms. The molecule has 3 N–H and O–H groups in total. The van der Waals surface area contributed by atoms with Gasteiger partial charge in [-0.15, -0.1) is 0 Å². The van der Waals surface area contributed by atoms with Crippen LogP contribution in [-0.2, 0) is 0 Å². The number of H-pyrrole nitrogens is 2. The molecule has 0 aliphatic rings. The van der Waals surface area contributed by atoms with Crippen LogP contribution in [0.1, 0.15) is 16.2 Å². The summed E-state index contributed by atoms with van der Waals surface area (Å²) in [5.74, 6) is -0.723. The fourth-order valence-electron chi connectivity index (χ4n) is 2.00. The van der Waals surface area contributed by atoms with Gasteiger partial charge in [-0.25, -0.2) is 9.37 Å². The summed E-state index contributed by atoms with van der Waals surface area (Å²) in [5, 5.41) is 9.24. The Morgan fingerprint density at radius 1 is 1.29 bits per heavy atom.